The van der Waals surface area contributed by atoms with E-state index in [0.717, 1.165) is 63.0 Å². The summed E-state index contributed by atoms with van der Waals surface area (Å²) in [5, 5.41) is 7.00. The molecule has 7 heteroatoms. The van der Waals surface area contributed by atoms with Crippen LogP contribution < -0.4 is 15.4 Å². The first-order chi connectivity index (χ1) is 13.1. The van der Waals surface area contributed by atoms with Crippen molar-refractivity contribution in [2.24, 2.45) is 4.99 Å². The Labute approximate surface area is 191 Å². The third kappa shape index (κ3) is 7.99. The standard InChI is InChI=1S/C21H35N3O2S.HI/c1-5-27-21(11-14-26-15-12-21)16-24-20(22-3)23-13-10-17(2)18-6-8-19(25-4)9-7-18;/h6-9,17H,5,10-16H2,1-4H3,(H2,22,23,24);1H. The zero-order chi connectivity index (χ0) is 19.5. The average Bonchev–Trinajstić information content (AvgIpc) is 2.71. The predicted molar refractivity (Wildman–Crippen MR) is 132 cm³/mol. The molecule has 160 valence electrons. The van der Waals surface area contributed by atoms with Gasteiger partial charge in [0.2, 0.25) is 0 Å². The Morgan fingerprint density at radius 3 is 2.50 bits per heavy atom. The minimum atomic E-state index is 0. The second kappa shape index (κ2) is 13.5. The first kappa shape index (κ1) is 25.4. The summed E-state index contributed by atoms with van der Waals surface area (Å²) in [6, 6.07) is 8.35. The molecule has 0 saturated carbocycles. The van der Waals surface area contributed by atoms with E-state index in [0.29, 0.717) is 5.92 Å². The van der Waals surface area contributed by atoms with Gasteiger partial charge in [-0.25, -0.2) is 0 Å². The van der Waals surface area contributed by atoms with Gasteiger partial charge >= 0.3 is 0 Å². The zero-order valence-electron chi connectivity index (χ0n) is 17.6. The highest BCUT2D eigenvalue weighted by Gasteiger charge is 2.32. The van der Waals surface area contributed by atoms with E-state index in [9.17, 15) is 0 Å². The van der Waals surface area contributed by atoms with Crippen LogP contribution in [-0.2, 0) is 4.74 Å². The molecule has 0 radical (unpaired) electrons. The van der Waals surface area contributed by atoms with Crippen LogP contribution in [0.5, 0.6) is 5.75 Å². The van der Waals surface area contributed by atoms with Crippen molar-refractivity contribution in [3.05, 3.63) is 29.8 Å². The van der Waals surface area contributed by atoms with Crippen molar-refractivity contribution in [3.63, 3.8) is 0 Å². The molecule has 28 heavy (non-hydrogen) atoms. The Morgan fingerprint density at radius 1 is 1.25 bits per heavy atom. The van der Waals surface area contributed by atoms with Gasteiger partial charge in [0.05, 0.1) is 7.11 Å². The van der Waals surface area contributed by atoms with Gasteiger partial charge in [-0.3, -0.25) is 4.99 Å². The highest BCUT2D eigenvalue weighted by Crippen LogP contribution is 2.34. The number of thioether (sulfide) groups is 1. The fourth-order valence-electron chi connectivity index (χ4n) is 3.39. The van der Waals surface area contributed by atoms with Crippen molar-refractivity contribution in [2.75, 3.05) is 46.2 Å². The van der Waals surface area contributed by atoms with Gasteiger partial charge in [0.25, 0.3) is 0 Å². The molecule has 1 aromatic carbocycles. The monoisotopic (exact) mass is 521 g/mol. The van der Waals surface area contributed by atoms with Gasteiger partial charge in [-0.2, -0.15) is 11.8 Å². The summed E-state index contributed by atoms with van der Waals surface area (Å²) >= 11 is 2.05. The molecule has 1 unspecified atom stereocenters. The van der Waals surface area contributed by atoms with Crippen LogP contribution in [0.4, 0.5) is 0 Å². The summed E-state index contributed by atoms with van der Waals surface area (Å²) < 4.78 is 11.1. The molecule has 1 fully saturated rings. The molecule has 1 aliphatic rings. The van der Waals surface area contributed by atoms with Crippen LogP contribution >= 0.6 is 35.7 Å². The number of nitrogens with one attached hydrogen (secondary N) is 2. The second-order valence-corrected chi connectivity index (χ2v) is 8.78. The first-order valence-corrected chi connectivity index (χ1v) is 10.9. The van der Waals surface area contributed by atoms with E-state index < -0.39 is 0 Å². The van der Waals surface area contributed by atoms with E-state index in [-0.39, 0.29) is 28.7 Å². The lowest BCUT2D eigenvalue weighted by atomic mass is 9.98. The Morgan fingerprint density at radius 2 is 1.93 bits per heavy atom. The molecule has 0 bridgehead atoms. The summed E-state index contributed by atoms with van der Waals surface area (Å²) in [5.74, 6) is 3.41. The number of nitrogens with zero attached hydrogens (tertiary/aromatic N) is 1. The SMILES string of the molecule is CCSC1(CNC(=NC)NCCC(C)c2ccc(OC)cc2)CCOCC1.I. The summed E-state index contributed by atoms with van der Waals surface area (Å²) in [7, 11) is 3.54. The van der Waals surface area contributed by atoms with E-state index in [1.807, 2.05) is 30.9 Å². The molecular weight excluding hydrogens is 485 g/mol. The average molecular weight is 522 g/mol. The van der Waals surface area contributed by atoms with Crippen molar-refractivity contribution in [2.45, 2.75) is 43.8 Å². The molecule has 2 N–H and O–H groups in total. The van der Waals surface area contributed by atoms with Gasteiger partial charge in [-0.1, -0.05) is 26.0 Å². The molecule has 1 atom stereocenters. The molecule has 1 aromatic rings. The highest BCUT2D eigenvalue weighted by atomic mass is 127. The van der Waals surface area contributed by atoms with Crippen LogP contribution in [0.25, 0.3) is 0 Å². The smallest absolute Gasteiger partial charge is 0.191 e. The van der Waals surface area contributed by atoms with Crippen molar-refractivity contribution >= 4 is 41.7 Å². The molecule has 0 amide bonds. The number of halogens is 1. The summed E-state index contributed by atoms with van der Waals surface area (Å²) in [5.41, 5.74) is 1.33. The van der Waals surface area contributed by atoms with E-state index >= 15 is 0 Å². The minimum absolute atomic E-state index is 0. The maximum absolute atomic E-state index is 5.56. The molecule has 0 aliphatic carbocycles. The van der Waals surface area contributed by atoms with Crippen LogP contribution in [0.1, 0.15) is 44.6 Å². The van der Waals surface area contributed by atoms with Gasteiger partial charge in [-0.15, -0.1) is 24.0 Å². The van der Waals surface area contributed by atoms with E-state index in [1.54, 1.807) is 7.11 Å². The molecule has 1 heterocycles. The number of hydrogen-bond donors (Lipinski definition) is 2. The van der Waals surface area contributed by atoms with Crippen molar-refractivity contribution in [1.29, 1.82) is 0 Å². The number of aliphatic imine (C=N–C) groups is 1. The lowest BCUT2D eigenvalue weighted by Gasteiger charge is -2.37. The minimum Gasteiger partial charge on any atom is -0.497 e. The van der Waals surface area contributed by atoms with Crippen LogP contribution in [0.2, 0.25) is 0 Å². The first-order valence-electron chi connectivity index (χ1n) is 9.92. The van der Waals surface area contributed by atoms with Crippen LogP contribution in [0.15, 0.2) is 29.3 Å². The second-order valence-electron chi connectivity index (χ2n) is 7.04. The van der Waals surface area contributed by atoms with Crippen molar-refractivity contribution in [1.82, 2.24) is 10.6 Å². The Bertz CT molecular complexity index is 572. The lowest BCUT2D eigenvalue weighted by Crippen LogP contribution is -2.48. The Hall–Kier alpha value is -0.670. The number of guanidine groups is 1. The van der Waals surface area contributed by atoms with Gasteiger partial charge in [0.15, 0.2) is 5.96 Å². The number of methoxy groups -OCH3 is 1. The Kier molecular flexibility index (Phi) is 12.3. The normalized spacial score (nSPS) is 17.4. The van der Waals surface area contributed by atoms with Crippen LogP contribution in [-0.4, -0.2) is 56.9 Å². The maximum atomic E-state index is 5.56. The molecule has 0 aromatic heterocycles. The summed E-state index contributed by atoms with van der Waals surface area (Å²) in [6.45, 7) is 8.04. The lowest BCUT2D eigenvalue weighted by molar-refractivity contribution is 0.0782. The van der Waals surface area contributed by atoms with Crippen LogP contribution in [0, 0.1) is 0 Å². The molecule has 1 aliphatic heterocycles. The van der Waals surface area contributed by atoms with Crippen molar-refractivity contribution < 1.29 is 9.47 Å². The van der Waals surface area contributed by atoms with Gasteiger partial charge in [-0.05, 0) is 48.6 Å². The molecule has 0 spiro atoms. The van der Waals surface area contributed by atoms with Gasteiger partial charge in [0, 0.05) is 38.1 Å². The summed E-state index contributed by atoms with van der Waals surface area (Å²) in [4.78, 5) is 4.39. The number of benzene rings is 1. The Balaban J connectivity index is 0.00000392. The van der Waals surface area contributed by atoms with Crippen LogP contribution in [0.3, 0.4) is 0 Å². The number of hydrogen-bond acceptors (Lipinski definition) is 4. The number of rotatable bonds is 9. The summed E-state index contributed by atoms with van der Waals surface area (Å²) in [6.07, 6.45) is 3.25. The third-order valence-corrected chi connectivity index (χ3v) is 6.66. The van der Waals surface area contributed by atoms with E-state index in [4.69, 9.17) is 9.47 Å². The quantitative estimate of drug-likeness (QED) is 0.289. The van der Waals surface area contributed by atoms with E-state index in [2.05, 4.69) is 41.6 Å². The fraction of sp³-hybridized carbons (Fsp3) is 0.667. The molecule has 2 rings (SSSR count). The maximum Gasteiger partial charge on any atom is 0.191 e. The number of ether oxygens (including phenoxy) is 2. The highest BCUT2D eigenvalue weighted by molar-refractivity contribution is 14.0. The predicted octanol–water partition coefficient (Wildman–Crippen LogP) is 4.27. The zero-order valence-corrected chi connectivity index (χ0v) is 20.8. The van der Waals surface area contributed by atoms with Gasteiger partial charge < -0.3 is 20.1 Å². The van der Waals surface area contributed by atoms with Gasteiger partial charge in [0.1, 0.15) is 5.75 Å². The van der Waals surface area contributed by atoms with E-state index in [1.165, 1.54) is 5.56 Å². The molecular formula is C21H36IN3O2S. The topological polar surface area (TPSA) is 54.9 Å². The van der Waals surface area contributed by atoms with Crippen molar-refractivity contribution in [3.8, 4) is 5.75 Å². The molecule has 1 saturated heterocycles. The largest absolute Gasteiger partial charge is 0.497 e. The molecule has 5 nitrogen and oxygen atoms in total. The third-order valence-electron chi connectivity index (χ3n) is 5.21. The fourth-order valence-corrected chi connectivity index (χ4v) is 4.64.